The first kappa shape index (κ1) is 12.8. The summed E-state index contributed by atoms with van der Waals surface area (Å²) in [7, 11) is 0. The van der Waals surface area contributed by atoms with Crippen molar-refractivity contribution in [2.24, 2.45) is 0 Å². The van der Waals surface area contributed by atoms with E-state index in [2.05, 4.69) is 27.2 Å². The Labute approximate surface area is 105 Å². The number of amides is 1. The highest BCUT2D eigenvalue weighted by atomic mass is 79.9. The summed E-state index contributed by atoms with van der Waals surface area (Å²) in [6.07, 6.45) is 6.63. The van der Waals surface area contributed by atoms with Crippen molar-refractivity contribution in [3.05, 3.63) is 33.8 Å². The fourth-order valence-corrected chi connectivity index (χ4v) is 1.75. The maximum Gasteiger partial charge on any atom is 0.252 e. The van der Waals surface area contributed by atoms with E-state index in [-0.39, 0.29) is 5.91 Å². The highest BCUT2D eigenvalue weighted by Gasteiger charge is 2.09. The molecule has 0 saturated heterocycles. The highest BCUT2D eigenvalue weighted by Crippen LogP contribution is 2.20. The molecule has 2 nitrogen and oxygen atoms in total. The third-order valence-corrected chi connectivity index (χ3v) is 3.27. The Morgan fingerprint density at radius 1 is 1.56 bits per heavy atom. The summed E-state index contributed by atoms with van der Waals surface area (Å²) in [4.78, 5) is 11.8. The lowest BCUT2D eigenvalue weighted by atomic mass is 10.1. The van der Waals surface area contributed by atoms with Crippen molar-refractivity contribution in [1.29, 1.82) is 0 Å². The van der Waals surface area contributed by atoms with E-state index < -0.39 is 0 Å². The molecule has 0 aliphatic rings. The molecule has 0 unspecified atom stereocenters. The van der Waals surface area contributed by atoms with Crippen LogP contribution in [-0.2, 0) is 0 Å². The van der Waals surface area contributed by atoms with Crippen molar-refractivity contribution in [1.82, 2.24) is 5.32 Å². The summed E-state index contributed by atoms with van der Waals surface area (Å²) in [6.45, 7) is 2.57. The summed E-state index contributed by atoms with van der Waals surface area (Å²) in [5, 5.41) is 2.84. The summed E-state index contributed by atoms with van der Waals surface area (Å²) >= 11 is 3.41. The summed E-state index contributed by atoms with van der Waals surface area (Å²) < 4.78 is 0.851. The quantitative estimate of drug-likeness (QED) is 0.667. The van der Waals surface area contributed by atoms with Crippen molar-refractivity contribution < 1.29 is 4.79 Å². The smallest absolute Gasteiger partial charge is 0.252 e. The number of terminal acetylenes is 1. The molecule has 3 heteroatoms. The zero-order valence-electron chi connectivity index (χ0n) is 9.22. The van der Waals surface area contributed by atoms with Crippen molar-refractivity contribution in [2.45, 2.75) is 19.8 Å². The van der Waals surface area contributed by atoms with Crippen LogP contribution in [0.2, 0.25) is 0 Å². The van der Waals surface area contributed by atoms with Gasteiger partial charge in [-0.15, -0.1) is 12.3 Å². The van der Waals surface area contributed by atoms with Crippen LogP contribution in [0.15, 0.2) is 22.7 Å². The number of unbranched alkanes of at least 4 members (excludes halogenated alkanes) is 1. The third kappa shape index (κ3) is 3.39. The number of halogens is 1. The minimum absolute atomic E-state index is 0.0624. The van der Waals surface area contributed by atoms with Gasteiger partial charge in [-0.1, -0.05) is 12.1 Å². The molecule has 84 valence electrons. The van der Waals surface area contributed by atoms with Gasteiger partial charge < -0.3 is 5.32 Å². The summed E-state index contributed by atoms with van der Waals surface area (Å²) in [6, 6.07) is 5.63. The van der Waals surface area contributed by atoms with Crippen molar-refractivity contribution in [2.75, 3.05) is 6.54 Å². The average Bonchev–Trinajstić information content (AvgIpc) is 2.28. The Hall–Kier alpha value is -1.27. The van der Waals surface area contributed by atoms with Crippen LogP contribution >= 0.6 is 15.9 Å². The topological polar surface area (TPSA) is 29.1 Å². The minimum Gasteiger partial charge on any atom is -0.352 e. The lowest BCUT2D eigenvalue weighted by Gasteiger charge is -2.07. The Bertz CT molecular complexity index is 420. The molecule has 1 rings (SSSR count). The van der Waals surface area contributed by atoms with Gasteiger partial charge in [-0.2, -0.15) is 0 Å². The zero-order valence-corrected chi connectivity index (χ0v) is 10.8. The Balaban J connectivity index is 2.60. The van der Waals surface area contributed by atoms with E-state index in [0.29, 0.717) is 18.5 Å². The maximum atomic E-state index is 11.8. The Morgan fingerprint density at radius 2 is 2.31 bits per heavy atom. The fraction of sp³-hybridized carbons (Fsp3) is 0.308. The van der Waals surface area contributed by atoms with Gasteiger partial charge in [0.2, 0.25) is 0 Å². The first-order valence-electron chi connectivity index (χ1n) is 5.13. The van der Waals surface area contributed by atoms with Crippen LogP contribution < -0.4 is 5.32 Å². The molecular weight excluding hydrogens is 266 g/mol. The number of hydrogen-bond donors (Lipinski definition) is 1. The van der Waals surface area contributed by atoms with Gasteiger partial charge >= 0.3 is 0 Å². The number of nitrogens with one attached hydrogen (secondary N) is 1. The van der Waals surface area contributed by atoms with E-state index >= 15 is 0 Å². The molecule has 0 bridgehead atoms. The summed E-state index contributed by atoms with van der Waals surface area (Å²) in [5.41, 5.74) is 1.72. The minimum atomic E-state index is -0.0624. The monoisotopic (exact) mass is 279 g/mol. The zero-order chi connectivity index (χ0) is 12.0. The lowest BCUT2D eigenvalue weighted by Crippen LogP contribution is -2.24. The van der Waals surface area contributed by atoms with Crippen LogP contribution in [0.3, 0.4) is 0 Å². The maximum absolute atomic E-state index is 11.8. The molecule has 0 fully saturated rings. The van der Waals surface area contributed by atoms with Gasteiger partial charge in [-0.25, -0.2) is 0 Å². The van der Waals surface area contributed by atoms with E-state index in [0.717, 1.165) is 16.5 Å². The van der Waals surface area contributed by atoms with Crippen LogP contribution in [-0.4, -0.2) is 12.5 Å². The van der Waals surface area contributed by atoms with Crippen molar-refractivity contribution in [3.63, 3.8) is 0 Å². The standard InChI is InChI=1S/C13H14BrNO/c1-3-4-5-9-15-13(16)11-8-6-7-10(2)12(11)14/h1,6-8H,4-5,9H2,2H3,(H,15,16). The number of benzene rings is 1. The predicted octanol–water partition coefficient (Wildman–Crippen LogP) is 2.90. The number of hydrogen-bond acceptors (Lipinski definition) is 1. The van der Waals surface area contributed by atoms with Crippen molar-refractivity contribution in [3.8, 4) is 12.3 Å². The molecule has 0 aliphatic heterocycles. The second-order valence-electron chi connectivity index (χ2n) is 3.50. The van der Waals surface area contributed by atoms with Crippen LogP contribution in [0.25, 0.3) is 0 Å². The largest absolute Gasteiger partial charge is 0.352 e. The molecule has 16 heavy (non-hydrogen) atoms. The SMILES string of the molecule is C#CCCCNC(=O)c1cccc(C)c1Br. The second kappa shape index (κ2) is 6.34. The predicted molar refractivity (Wildman–Crippen MR) is 69.3 cm³/mol. The second-order valence-corrected chi connectivity index (χ2v) is 4.29. The van der Waals surface area contributed by atoms with Crippen LogP contribution in [0.5, 0.6) is 0 Å². The van der Waals surface area contributed by atoms with Gasteiger partial charge in [0.05, 0.1) is 5.56 Å². The first-order valence-corrected chi connectivity index (χ1v) is 5.93. The van der Waals surface area contributed by atoms with E-state index in [1.165, 1.54) is 0 Å². The van der Waals surface area contributed by atoms with Gasteiger partial charge in [0.1, 0.15) is 0 Å². The fourth-order valence-electron chi connectivity index (χ4n) is 1.31. The van der Waals surface area contributed by atoms with Gasteiger partial charge in [-0.05, 0) is 40.9 Å². The Morgan fingerprint density at radius 3 is 3.00 bits per heavy atom. The molecule has 0 atom stereocenters. The van der Waals surface area contributed by atoms with E-state index in [1.54, 1.807) is 6.07 Å². The van der Waals surface area contributed by atoms with E-state index in [9.17, 15) is 4.79 Å². The van der Waals surface area contributed by atoms with Gasteiger partial charge in [-0.3, -0.25) is 4.79 Å². The number of rotatable bonds is 4. The average molecular weight is 280 g/mol. The molecule has 0 saturated carbocycles. The molecule has 0 aromatic heterocycles. The molecule has 0 heterocycles. The van der Waals surface area contributed by atoms with Gasteiger partial charge in [0.15, 0.2) is 0 Å². The van der Waals surface area contributed by atoms with Gasteiger partial charge in [0.25, 0.3) is 5.91 Å². The number of carbonyl (C=O) groups is 1. The van der Waals surface area contributed by atoms with Crippen LogP contribution in [0.4, 0.5) is 0 Å². The summed E-state index contributed by atoms with van der Waals surface area (Å²) in [5.74, 6) is 2.48. The normalized spacial score (nSPS) is 9.56. The lowest BCUT2D eigenvalue weighted by molar-refractivity contribution is 0.0952. The molecule has 0 aliphatic carbocycles. The van der Waals surface area contributed by atoms with Crippen molar-refractivity contribution >= 4 is 21.8 Å². The van der Waals surface area contributed by atoms with E-state index in [4.69, 9.17) is 6.42 Å². The third-order valence-electron chi connectivity index (χ3n) is 2.22. The Kier molecular flexibility index (Phi) is 5.07. The van der Waals surface area contributed by atoms with E-state index in [1.807, 2.05) is 19.1 Å². The molecule has 0 spiro atoms. The molecular formula is C13H14BrNO. The van der Waals surface area contributed by atoms with Crippen LogP contribution in [0, 0.1) is 19.3 Å². The molecule has 1 aromatic rings. The molecule has 1 aromatic carbocycles. The van der Waals surface area contributed by atoms with Crippen LogP contribution in [0.1, 0.15) is 28.8 Å². The first-order chi connectivity index (χ1) is 7.66. The molecule has 0 radical (unpaired) electrons. The molecule has 1 N–H and O–H groups in total. The number of carbonyl (C=O) groups excluding carboxylic acids is 1. The molecule has 1 amide bonds. The number of aryl methyl sites for hydroxylation is 1. The highest BCUT2D eigenvalue weighted by molar-refractivity contribution is 9.10. The van der Waals surface area contributed by atoms with Gasteiger partial charge in [0, 0.05) is 17.4 Å².